The zero-order valence-corrected chi connectivity index (χ0v) is 19.5. The summed E-state index contributed by atoms with van der Waals surface area (Å²) in [7, 11) is -1.86. The number of rotatable bonds is 6. The van der Waals surface area contributed by atoms with Gasteiger partial charge in [0.1, 0.15) is 28.7 Å². The molecule has 0 aliphatic heterocycles. The van der Waals surface area contributed by atoms with Crippen molar-refractivity contribution in [1.29, 1.82) is 0 Å². The summed E-state index contributed by atoms with van der Waals surface area (Å²) in [6.45, 7) is 2.11. The zero-order chi connectivity index (χ0) is 20.8. The summed E-state index contributed by atoms with van der Waals surface area (Å²) < 4.78 is 0.960. The number of aryl methyl sites for hydroxylation is 1. The summed E-state index contributed by atoms with van der Waals surface area (Å²) in [4.78, 5) is 0. The van der Waals surface area contributed by atoms with Crippen LogP contribution in [-0.2, 0) is 0 Å². The topological polar surface area (TPSA) is 0 Å². The van der Waals surface area contributed by atoms with Crippen LogP contribution >= 0.6 is 31.2 Å². The van der Waals surface area contributed by atoms with Crippen LogP contribution in [0.2, 0.25) is 0 Å². The number of thiocarbonyl (C=S) groups is 1. The van der Waals surface area contributed by atoms with E-state index in [0.717, 1.165) is 15.3 Å². The van der Waals surface area contributed by atoms with Gasteiger partial charge in [-0.2, -0.15) is 0 Å². The molecule has 4 aromatic rings. The third-order valence-corrected chi connectivity index (χ3v) is 12.0. The summed E-state index contributed by atoms with van der Waals surface area (Å²) in [6, 6.07) is 41.4. The molecule has 0 aliphatic carbocycles. The van der Waals surface area contributed by atoms with Crippen LogP contribution in [0.15, 0.2) is 115 Å². The summed E-state index contributed by atoms with van der Waals surface area (Å²) in [6.07, 6.45) is 0. The van der Waals surface area contributed by atoms with Crippen molar-refractivity contribution in [3.05, 3.63) is 126 Å². The highest BCUT2D eigenvalue weighted by Gasteiger charge is 2.45. The SMILES string of the molecule is Cc1ccc(C(=S)SC[P+](c2ccccc2)(c2ccccc2)c2ccccc2)cc1. The summed E-state index contributed by atoms with van der Waals surface area (Å²) in [5, 5.41) is 4.17. The second-order valence-electron chi connectivity index (χ2n) is 7.24. The molecule has 0 radical (unpaired) electrons. The Balaban J connectivity index is 1.80. The van der Waals surface area contributed by atoms with Gasteiger partial charge in [-0.15, -0.1) is 0 Å². The molecule has 0 saturated heterocycles. The fraction of sp³-hybridized carbons (Fsp3) is 0.0741. The van der Waals surface area contributed by atoms with Crippen LogP contribution in [0.5, 0.6) is 0 Å². The number of hydrogen-bond acceptors (Lipinski definition) is 2. The Labute approximate surface area is 189 Å². The first-order valence-electron chi connectivity index (χ1n) is 9.99. The number of hydrogen-bond donors (Lipinski definition) is 0. The van der Waals surface area contributed by atoms with Crippen LogP contribution < -0.4 is 15.9 Å². The van der Waals surface area contributed by atoms with E-state index in [0.29, 0.717) is 0 Å². The summed E-state index contributed by atoms with van der Waals surface area (Å²) >= 11 is 7.67. The summed E-state index contributed by atoms with van der Waals surface area (Å²) in [5.74, 6) is 0. The molecule has 0 N–H and O–H groups in total. The normalized spacial score (nSPS) is 11.2. The first-order chi connectivity index (χ1) is 14.7. The van der Waals surface area contributed by atoms with Crippen LogP contribution in [0.4, 0.5) is 0 Å². The monoisotopic (exact) mass is 443 g/mol. The molecule has 0 fully saturated rings. The fourth-order valence-corrected chi connectivity index (χ4v) is 10.5. The Kier molecular flexibility index (Phi) is 6.79. The zero-order valence-electron chi connectivity index (χ0n) is 16.9. The predicted octanol–water partition coefficient (Wildman–Crippen LogP) is 6.36. The summed E-state index contributed by atoms with van der Waals surface area (Å²) in [5.41, 5.74) is 3.33. The van der Waals surface area contributed by atoms with Gasteiger partial charge >= 0.3 is 0 Å². The Bertz CT molecular complexity index is 995. The van der Waals surface area contributed by atoms with Gasteiger partial charge in [0, 0.05) is 0 Å². The third kappa shape index (κ3) is 4.42. The van der Waals surface area contributed by atoms with Crippen molar-refractivity contribution < 1.29 is 0 Å². The van der Waals surface area contributed by atoms with E-state index in [1.165, 1.54) is 21.5 Å². The van der Waals surface area contributed by atoms with Crippen molar-refractivity contribution in [1.82, 2.24) is 0 Å². The van der Waals surface area contributed by atoms with E-state index in [1.807, 2.05) is 11.8 Å². The average Bonchev–Trinajstić information content (AvgIpc) is 2.82. The maximum absolute atomic E-state index is 5.86. The fourth-order valence-electron chi connectivity index (χ4n) is 3.65. The molecule has 0 atom stereocenters. The van der Waals surface area contributed by atoms with Gasteiger partial charge in [-0.1, -0.05) is 108 Å². The van der Waals surface area contributed by atoms with Crippen LogP contribution in [-0.4, -0.2) is 9.69 Å². The van der Waals surface area contributed by atoms with E-state index in [2.05, 4.69) is 122 Å². The van der Waals surface area contributed by atoms with E-state index >= 15 is 0 Å². The minimum Gasteiger partial charge on any atom is -0.0718 e. The van der Waals surface area contributed by atoms with Crippen LogP contribution in [0.1, 0.15) is 11.1 Å². The van der Waals surface area contributed by atoms with Gasteiger partial charge in [-0.05, 0) is 48.9 Å². The number of thioether (sulfide) groups is 1. The van der Waals surface area contributed by atoms with Crippen molar-refractivity contribution in [3.8, 4) is 0 Å². The molecule has 0 aliphatic rings. The highest BCUT2D eigenvalue weighted by molar-refractivity contribution is 8.28. The maximum atomic E-state index is 5.86. The third-order valence-electron chi connectivity index (χ3n) is 5.27. The molecule has 0 heterocycles. The molecule has 3 heteroatoms. The minimum absolute atomic E-state index is 0.942. The quantitative estimate of drug-likeness (QED) is 0.251. The molecule has 4 rings (SSSR count). The Morgan fingerprint density at radius 1 is 0.633 bits per heavy atom. The maximum Gasteiger partial charge on any atom is 0.124 e. The highest BCUT2D eigenvalue weighted by atomic mass is 32.2. The standard InChI is InChI=1S/C27H24PS2/c1-22-17-19-23(20-18-22)27(29)30-21-28(24-11-5-2-6-12-24,25-13-7-3-8-14-25)26-15-9-4-10-16-26/h2-20H,21H2,1H3/q+1. The molecule has 0 spiro atoms. The van der Waals surface area contributed by atoms with Gasteiger partial charge in [0.15, 0.2) is 0 Å². The Hall–Kier alpha value is -2.25. The molecule has 0 bridgehead atoms. The van der Waals surface area contributed by atoms with Gasteiger partial charge in [-0.25, -0.2) is 0 Å². The molecule has 0 nitrogen and oxygen atoms in total. The van der Waals surface area contributed by atoms with E-state index in [4.69, 9.17) is 12.2 Å². The van der Waals surface area contributed by atoms with Gasteiger partial charge in [0.05, 0.1) is 4.20 Å². The molecular formula is C27H24PS2+. The Morgan fingerprint density at radius 3 is 1.43 bits per heavy atom. The van der Waals surface area contributed by atoms with Crippen molar-refractivity contribution in [3.63, 3.8) is 0 Å². The molecule has 4 aromatic carbocycles. The molecule has 0 amide bonds. The molecule has 0 unspecified atom stereocenters. The minimum atomic E-state index is -1.86. The van der Waals surface area contributed by atoms with E-state index < -0.39 is 7.26 Å². The van der Waals surface area contributed by atoms with E-state index in [-0.39, 0.29) is 0 Å². The number of benzene rings is 4. The van der Waals surface area contributed by atoms with E-state index in [9.17, 15) is 0 Å². The molecular weight excluding hydrogens is 419 g/mol. The van der Waals surface area contributed by atoms with Gasteiger partial charge in [0.2, 0.25) is 0 Å². The van der Waals surface area contributed by atoms with Gasteiger partial charge < -0.3 is 0 Å². The van der Waals surface area contributed by atoms with E-state index in [1.54, 1.807) is 0 Å². The lowest BCUT2D eigenvalue weighted by molar-refractivity contribution is 1.47. The van der Waals surface area contributed by atoms with Gasteiger partial charge in [-0.3, -0.25) is 0 Å². The van der Waals surface area contributed by atoms with Crippen LogP contribution in [0, 0.1) is 6.92 Å². The highest BCUT2D eigenvalue weighted by Crippen LogP contribution is 2.57. The van der Waals surface area contributed by atoms with Crippen LogP contribution in [0.25, 0.3) is 0 Å². The smallest absolute Gasteiger partial charge is 0.0718 e. The molecule has 148 valence electrons. The average molecular weight is 444 g/mol. The first-order valence-corrected chi connectivity index (χ1v) is 13.4. The predicted molar refractivity (Wildman–Crippen MR) is 140 cm³/mol. The van der Waals surface area contributed by atoms with Crippen molar-refractivity contribution in [2.24, 2.45) is 0 Å². The molecule has 0 aromatic heterocycles. The first kappa shape index (κ1) is 21.0. The van der Waals surface area contributed by atoms with Gasteiger partial charge in [0.25, 0.3) is 0 Å². The van der Waals surface area contributed by atoms with Crippen LogP contribution in [0.3, 0.4) is 0 Å². The lowest BCUT2D eigenvalue weighted by Crippen LogP contribution is -2.32. The second-order valence-corrected chi connectivity index (χ2v) is 12.8. The van der Waals surface area contributed by atoms with Crippen molar-refractivity contribution >= 4 is 51.4 Å². The molecule has 0 saturated carbocycles. The lowest BCUT2D eigenvalue weighted by atomic mass is 10.2. The largest absolute Gasteiger partial charge is 0.124 e. The molecule has 30 heavy (non-hydrogen) atoms. The lowest BCUT2D eigenvalue weighted by Gasteiger charge is -2.27. The van der Waals surface area contributed by atoms with Crippen molar-refractivity contribution in [2.45, 2.75) is 6.92 Å². The second kappa shape index (κ2) is 9.71. The Morgan fingerprint density at radius 2 is 1.03 bits per heavy atom. The van der Waals surface area contributed by atoms with Crippen molar-refractivity contribution in [2.75, 3.05) is 5.49 Å².